The number of hydrogen-bond acceptors (Lipinski definition) is 1. The number of aromatic nitrogens is 1. The number of benzene rings is 4. The predicted octanol–water partition coefficient (Wildman–Crippen LogP) is 13.7. The Hall–Kier alpha value is -5.02. The van der Waals surface area contributed by atoms with Crippen LogP contribution in [-0.4, -0.2) is 17.3 Å². The van der Waals surface area contributed by atoms with Crippen molar-refractivity contribution in [3.8, 4) is 0 Å². The summed E-state index contributed by atoms with van der Waals surface area (Å²) in [6.45, 7) is 31.8. The van der Waals surface area contributed by atoms with E-state index in [0.29, 0.717) is 5.92 Å². The van der Waals surface area contributed by atoms with Gasteiger partial charge in [-0.25, -0.2) is 0 Å². The van der Waals surface area contributed by atoms with Gasteiger partial charge in [-0.05, 0) is 127 Å². The number of nitrogens with zero attached hydrogens (tertiary/aromatic N) is 2. The average Bonchev–Trinajstić information content (AvgIpc) is 3.76. The average molecular weight is 827 g/mol. The van der Waals surface area contributed by atoms with Crippen molar-refractivity contribution in [1.29, 1.82) is 0 Å². The summed E-state index contributed by atoms with van der Waals surface area (Å²) in [6, 6.07) is 33.7. The van der Waals surface area contributed by atoms with E-state index >= 15 is 0 Å². The summed E-state index contributed by atoms with van der Waals surface area (Å²) in [7, 11) is 0. The molecule has 6 aliphatic rings. The van der Waals surface area contributed by atoms with E-state index in [1.54, 1.807) is 16.6 Å². The molecule has 0 radical (unpaired) electrons. The Kier molecular flexibility index (Phi) is 8.59. The third-order valence-electron chi connectivity index (χ3n) is 16.2. The van der Waals surface area contributed by atoms with Crippen LogP contribution in [0.5, 0.6) is 0 Å². The summed E-state index contributed by atoms with van der Waals surface area (Å²) >= 11 is 0. The largest absolute Gasteiger partial charge is 0.334 e. The fraction of sp³-hybridized carbons (Fsp3) is 0.400. The Bertz CT molecular complexity index is 2880. The van der Waals surface area contributed by atoms with Crippen LogP contribution in [-0.2, 0) is 22.7 Å². The van der Waals surface area contributed by atoms with E-state index in [2.05, 4.69) is 215 Å². The SMILES string of the molecule is CC(C)(C)C1=C2c3c(C(C)(C)C)ccc4c3N(C3=C5B4c4cc(C(C)(C)C)cc6c7c(n(c46)C5CC=C3C(C)(c3ccccc3)c3ccccc3)C=CC(C(C)(C)C)C7)C2CC=C1. The zero-order valence-corrected chi connectivity index (χ0v) is 40.3. The molecule has 320 valence electrons. The van der Waals surface area contributed by atoms with Crippen LogP contribution in [0.4, 0.5) is 5.69 Å². The van der Waals surface area contributed by atoms with Crippen molar-refractivity contribution in [2.45, 2.75) is 138 Å². The van der Waals surface area contributed by atoms with Crippen LogP contribution in [0.2, 0.25) is 0 Å². The van der Waals surface area contributed by atoms with Crippen LogP contribution in [0.15, 0.2) is 132 Å². The number of allylic oxidation sites excluding steroid dienone is 6. The van der Waals surface area contributed by atoms with Crippen molar-refractivity contribution < 1.29 is 0 Å². The molecule has 3 unspecified atom stereocenters. The fourth-order valence-corrected chi connectivity index (χ4v) is 12.9. The number of fused-ring (bicyclic) bond motifs is 10. The Labute approximate surface area is 378 Å². The topological polar surface area (TPSA) is 8.17 Å². The molecule has 3 atom stereocenters. The number of hydrogen-bond donors (Lipinski definition) is 0. The van der Waals surface area contributed by atoms with Gasteiger partial charge in [-0.1, -0.05) is 186 Å². The molecule has 3 aliphatic carbocycles. The van der Waals surface area contributed by atoms with Crippen molar-refractivity contribution in [2.75, 3.05) is 4.90 Å². The van der Waals surface area contributed by atoms with E-state index in [9.17, 15) is 0 Å². The molecule has 3 heteroatoms. The van der Waals surface area contributed by atoms with Gasteiger partial charge < -0.3 is 9.47 Å². The lowest BCUT2D eigenvalue weighted by atomic mass is 9.31. The molecule has 0 bridgehead atoms. The minimum absolute atomic E-state index is 0.00966. The van der Waals surface area contributed by atoms with Crippen molar-refractivity contribution in [3.63, 3.8) is 0 Å². The van der Waals surface area contributed by atoms with E-state index < -0.39 is 5.41 Å². The third kappa shape index (κ3) is 5.69. The highest BCUT2D eigenvalue weighted by Gasteiger charge is 2.56. The number of anilines is 1. The molecular weight excluding hydrogens is 759 g/mol. The van der Waals surface area contributed by atoms with Gasteiger partial charge in [0.2, 0.25) is 6.71 Å². The van der Waals surface area contributed by atoms with E-state index in [4.69, 9.17) is 0 Å². The zero-order chi connectivity index (χ0) is 44.3. The molecule has 4 heterocycles. The second kappa shape index (κ2) is 13.3. The predicted molar refractivity (Wildman–Crippen MR) is 271 cm³/mol. The molecule has 11 rings (SSSR count). The van der Waals surface area contributed by atoms with Gasteiger partial charge >= 0.3 is 0 Å². The number of rotatable bonds is 3. The molecule has 0 spiro atoms. The van der Waals surface area contributed by atoms with Gasteiger partial charge in [0.1, 0.15) is 0 Å². The van der Waals surface area contributed by atoms with Crippen LogP contribution < -0.4 is 15.8 Å². The molecule has 0 saturated carbocycles. The molecule has 3 aliphatic heterocycles. The first-order valence-electron chi connectivity index (χ1n) is 24.0. The Balaban J connectivity index is 1.31. The highest BCUT2D eigenvalue weighted by Crippen LogP contribution is 2.60. The second-order valence-electron chi connectivity index (χ2n) is 24.2. The summed E-state index contributed by atoms with van der Waals surface area (Å²) in [5.41, 5.74) is 23.4. The standard InChI is InChI=1S/C60H67BN2/c1-56(2,3)38-27-31-47-40(33-38)41-34-39(57(4,5)6)35-46-53(41)62(47)49-32-29-44(60(13,36-21-16-14-17-22-36)37-23-18-15-19-24-37)54-52(49)61(46)45-30-28-43(59(10,11)12)51-50-42(58(7,8)9)25-20-26-48(50)63(54)55(45)51/h14-25,27-31,34-35,38,48-49H,26,32-33H2,1-13H3. The molecule has 0 fully saturated rings. The quantitative estimate of drug-likeness (QED) is 0.165. The van der Waals surface area contributed by atoms with Crippen LogP contribution in [0.25, 0.3) is 22.6 Å². The van der Waals surface area contributed by atoms with Crippen molar-refractivity contribution in [2.24, 2.45) is 16.7 Å². The molecule has 1 aromatic heterocycles. The Morgan fingerprint density at radius 1 is 0.635 bits per heavy atom. The first-order chi connectivity index (χ1) is 29.7. The highest BCUT2D eigenvalue weighted by molar-refractivity contribution is 6.94. The maximum Gasteiger partial charge on any atom is 0.247 e. The third-order valence-corrected chi connectivity index (χ3v) is 16.2. The van der Waals surface area contributed by atoms with E-state index in [1.165, 1.54) is 77.9 Å². The second-order valence-corrected chi connectivity index (χ2v) is 24.2. The van der Waals surface area contributed by atoms with Crippen LogP contribution in [0.1, 0.15) is 148 Å². The summed E-state index contributed by atoms with van der Waals surface area (Å²) in [5, 5.41) is 1.49. The minimum atomic E-state index is -0.400. The zero-order valence-electron chi connectivity index (χ0n) is 40.3. The molecule has 5 aromatic rings. The lowest BCUT2D eigenvalue weighted by Crippen LogP contribution is -2.58. The van der Waals surface area contributed by atoms with Gasteiger partial charge in [-0.15, -0.1) is 0 Å². The highest BCUT2D eigenvalue weighted by atomic mass is 15.2. The van der Waals surface area contributed by atoms with Gasteiger partial charge in [0.15, 0.2) is 0 Å². The first kappa shape index (κ1) is 40.7. The minimum Gasteiger partial charge on any atom is -0.334 e. The van der Waals surface area contributed by atoms with Gasteiger partial charge in [-0.3, -0.25) is 0 Å². The lowest BCUT2D eigenvalue weighted by molar-refractivity contribution is 0.291. The normalized spacial score (nSPS) is 21.5. The maximum atomic E-state index is 2.94. The van der Waals surface area contributed by atoms with Crippen LogP contribution >= 0.6 is 0 Å². The smallest absolute Gasteiger partial charge is 0.247 e. The van der Waals surface area contributed by atoms with Gasteiger partial charge in [-0.2, -0.15) is 0 Å². The molecular formula is C60H67BN2. The summed E-state index contributed by atoms with van der Waals surface area (Å²) in [4.78, 5) is 2.94. The Morgan fingerprint density at radius 2 is 1.30 bits per heavy atom. The molecule has 0 N–H and O–H groups in total. The molecule has 63 heavy (non-hydrogen) atoms. The first-order valence-corrected chi connectivity index (χ1v) is 24.0. The monoisotopic (exact) mass is 827 g/mol. The van der Waals surface area contributed by atoms with E-state index in [0.717, 1.165) is 19.3 Å². The lowest BCUT2D eigenvalue weighted by Gasteiger charge is -2.50. The van der Waals surface area contributed by atoms with Gasteiger partial charge in [0, 0.05) is 39.0 Å². The van der Waals surface area contributed by atoms with Gasteiger partial charge in [0.05, 0.1) is 12.1 Å². The molecule has 2 nitrogen and oxygen atoms in total. The molecule has 4 aromatic carbocycles. The molecule has 0 saturated heterocycles. The van der Waals surface area contributed by atoms with E-state index in [1.807, 2.05) is 0 Å². The van der Waals surface area contributed by atoms with Crippen molar-refractivity contribution >= 4 is 45.9 Å². The summed E-state index contributed by atoms with van der Waals surface area (Å²) in [6.07, 6.45) is 15.8. The van der Waals surface area contributed by atoms with Crippen molar-refractivity contribution in [1.82, 2.24) is 4.57 Å². The fourth-order valence-electron chi connectivity index (χ4n) is 12.9. The summed E-state index contributed by atoms with van der Waals surface area (Å²) in [5.74, 6) is 0.487. The van der Waals surface area contributed by atoms with E-state index in [-0.39, 0.29) is 40.5 Å². The van der Waals surface area contributed by atoms with Crippen LogP contribution in [0, 0.1) is 16.7 Å². The van der Waals surface area contributed by atoms with Crippen molar-refractivity contribution in [3.05, 3.63) is 171 Å². The van der Waals surface area contributed by atoms with Crippen LogP contribution in [0.3, 0.4) is 0 Å². The molecule has 0 amide bonds. The van der Waals surface area contributed by atoms with Gasteiger partial charge in [0.25, 0.3) is 0 Å². The maximum absolute atomic E-state index is 2.94. The Morgan fingerprint density at radius 3 is 1.90 bits per heavy atom. The summed E-state index contributed by atoms with van der Waals surface area (Å²) < 4.78 is 2.85.